The maximum Gasteiger partial charge on any atom is 0.131 e. The van der Waals surface area contributed by atoms with Gasteiger partial charge in [0.15, 0.2) is 0 Å². The molecule has 0 unspecified atom stereocenters. The van der Waals surface area contributed by atoms with Crippen molar-refractivity contribution in [1.82, 2.24) is 4.98 Å². The van der Waals surface area contributed by atoms with E-state index in [0.29, 0.717) is 5.69 Å². The number of aliphatic imine (C=N–C) groups is 1. The molecule has 1 heterocycles. The van der Waals surface area contributed by atoms with Crippen molar-refractivity contribution < 1.29 is 8.78 Å². The molecule has 0 aliphatic heterocycles. The minimum atomic E-state index is -0.580. The molecule has 0 saturated heterocycles. The van der Waals surface area contributed by atoms with Crippen molar-refractivity contribution in [2.24, 2.45) is 4.99 Å². The predicted octanol–water partition coefficient (Wildman–Crippen LogP) is 2.98. The molecule has 4 heteroatoms. The van der Waals surface area contributed by atoms with Crippen molar-refractivity contribution in [3.05, 3.63) is 65.5 Å². The zero-order valence-electron chi connectivity index (χ0n) is 8.98. The van der Waals surface area contributed by atoms with Gasteiger partial charge in [-0.05, 0) is 24.3 Å². The first kappa shape index (κ1) is 11.4. The molecule has 0 atom stereocenters. The summed E-state index contributed by atoms with van der Waals surface area (Å²) in [6.45, 7) is -0.0327. The van der Waals surface area contributed by atoms with Crippen LogP contribution in [-0.4, -0.2) is 11.2 Å². The number of rotatable bonds is 3. The maximum absolute atomic E-state index is 13.2. The second-order valence-corrected chi connectivity index (χ2v) is 3.42. The summed E-state index contributed by atoms with van der Waals surface area (Å²) in [5.74, 6) is -1.16. The van der Waals surface area contributed by atoms with Crippen LogP contribution in [-0.2, 0) is 6.54 Å². The Bertz CT molecular complexity index is 504. The van der Waals surface area contributed by atoms with Crippen LogP contribution in [0.4, 0.5) is 8.78 Å². The quantitative estimate of drug-likeness (QED) is 0.747. The minimum Gasteiger partial charge on any atom is -0.286 e. The summed E-state index contributed by atoms with van der Waals surface area (Å²) >= 11 is 0. The second kappa shape index (κ2) is 5.30. The Morgan fingerprint density at radius 3 is 2.47 bits per heavy atom. The van der Waals surface area contributed by atoms with Gasteiger partial charge in [0.2, 0.25) is 0 Å². The number of hydrogen-bond donors (Lipinski definition) is 0. The van der Waals surface area contributed by atoms with Crippen molar-refractivity contribution in [1.29, 1.82) is 0 Å². The van der Waals surface area contributed by atoms with Crippen LogP contribution >= 0.6 is 0 Å². The molecule has 0 spiro atoms. The summed E-state index contributed by atoms with van der Waals surface area (Å²) in [4.78, 5) is 7.98. The van der Waals surface area contributed by atoms with Gasteiger partial charge in [0.05, 0.1) is 12.2 Å². The van der Waals surface area contributed by atoms with Crippen LogP contribution < -0.4 is 0 Å². The Labute approximate surface area is 97.7 Å². The third kappa shape index (κ3) is 2.93. The van der Waals surface area contributed by atoms with E-state index in [9.17, 15) is 8.78 Å². The SMILES string of the molecule is Fc1cccc(F)c1CN=Cc1ccccn1. The van der Waals surface area contributed by atoms with Gasteiger partial charge in [0, 0.05) is 18.0 Å². The summed E-state index contributed by atoms with van der Waals surface area (Å²) < 4.78 is 26.5. The summed E-state index contributed by atoms with van der Waals surface area (Å²) in [6.07, 6.45) is 3.12. The highest BCUT2D eigenvalue weighted by Gasteiger charge is 2.06. The lowest BCUT2D eigenvalue weighted by molar-refractivity contribution is 0.557. The van der Waals surface area contributed by atoms with E-state index in [1.54, 1.807) is 18.3 Å². The van der Waals surface area contributed by atoms with E-state index in [4.69, 9.17) is 0 Å². The second-order valence-electron chi connectivity index (χ2n) is 3.42. The average Bonchev–Trinajstić information content (AvgIpc) is 2.34. The van der Waals surface area contributed by atoms with Crippen molar-refractivity contribution in [3.63, 3.8) is 0 Å². The first-order chi connectivity index (χ1) is 8.27. The topological polar surface area (TPSA) is 25.2 Å². The third-order valence-corrected chi connectivity index (χ3v) is 2.22. The summed E-state index contributed by atoms with van der Waals surface area (Å²) in [5.41, 5.74) is 0.629. The fourth-order valence-electron chi connectivity index (χ4n) is 1.37. The molecular weight excluding hydrogens is 222 g/mol. The number of hydrogen-bond acceptors (Lipinski definition) is 2. The molecule has 1 aromatic heterocycles. The lowest BCUT2D eigenvalue weighted by Crippen LogP contribution is -1.94. The van der Waals surface area contributed by atoms with Gasteiger partial charge in [-0.1, -0.05) is 12.1 Å². The molecule has 2 rings (SSSR count). The number of pyridine rings is 1. The molecule has 2 nitrogen and oxygen atoms in total. The molecule has 0 aliphatic carbocycles. The smallest absolute Gasteiger partial charge is 0.131 e. The molecule has 17 heavy (non-hydrogen) atoms. The highest BCUT2D eigenvalue weighted by atomic mass is 19.1. The van der Waals surface area contributed by atoms with E-state index in [2.05, 4.69) is 9.98 Å². The largest absolute Gasteiger partial charge is 0.286 e. The monoisotopic (exact) mass is 232 g/mol. The van der Waals surface area contributed by atoms with E-state index in [-0.39, 0.29) is 12.1 Å². The van der Waals surface area contributed by atoms with Crippen LogP contribution in [0.25, 0.3) is 0 Å². The normalized spacial score (nSPS) is 10.9. The number of halogens is 2. The van der Waals surface area contributed by atoms with E-state index in [0.717, 1.165) is 0 Å². The Hall–Kier alpha value is -2.10. The molecule has 0 fully saturated rings. The van der Waals surface area contributed by atoms with Crippen molar-refractivity contribution in [2.75, 3.05) is 0 Å². The predicted molar refractivity (Wildman–Crippen MR) is 61.9 cm³/mol. The van der Waals surface area contributed by atoms with Gasteiger partial charge in [-0.15, -0.1) is 0 Å². The first-order valence-corrected chi connectivity index (χ1v) is 5.11. The fourth-order valence-corrected chi connectivity index (χ4v) is 1.37. The van der Waals surface area contributed by atoms with Gasteiger partial charge in [-0.2, -0.15) is 0 Å². The molecule has 0 aliphatic rings. The molecule has 0 saturated carbocycles. The first-order valence-electron chi connectivity index (χ1n) is 5.11. The third-order valence-electron chi connectivity index (χ3n) is 2.22. The van der Waals surface area contributed by atoms with Crippen LogP contribution in [0.1, 0.15) is 11.3 Å². The van der Waals surface area contributed by atoms with E-state index in [1.165, 1.54) is 24.4 Å². The van der Waals surface area contributed by atoms with Crippen LogP contribution in [0.3, 0.4) is 0 Å². The molecular formula is C13H10F2N2. The van der Waals surface area contributed by atoms with Gasteiger partial charge in [-0.25, -0.2) is 8.78 Å². The Morgan fingerprint density at radius 1 is 1.06 bits per heavy atom. The standard InChI is InChI=1S/C13H10F2N2/c14-12-5-3-6-13(15)11(12)9-16-8-10-4-1-2-7-17-10/h1-8H,9H2. The molecule has 0 bridgehead atoms. The number of nitrogens with zero attached hydrogens (tertiary/aromatic N) is 2. The molecule has 86 valence electrons. The Morgan fingerprint density at radius 2 is 1.82 bits per heavy atom. The molecule has 0 N–H and O–H groups in total. The molecule has 0 radical (unpaired) electrons. The number of benzene rings is 1. The summed E-state index contributed by atoms with van der Waals surface area (Å²) in [7, 11) is 0. The van der Waals surface area contributed by atoms with Crippen LogP contribution in [0.5, 0.6) is 0 Å². The Kier molecular flexibility index (Phi) is 3.55. The van der Waals surface area contributed by atoms with Crippen LogP contribution in [0.2, 0.25) is 0 Å². The van der Waals surface area contributed by atoms with Gasteiger partial charge in [0.25, 0.3) is 0 Å². The molecule has 1 aromatic carbocycles. The molecule has 2 aromatic rings. The van der Waals surface area contributed by atoms with Crippen LogP contribution in [0.15, 0.2) is 47.6 Å². The maximum atomic E-state index is 13.2. The molecule has 0 amide bonds. The van der Waals surface area contributed by atoms with E-state index < -0.39 is 11.6 Å². The lowest BCUT2D eigenvalue weighted by Gasteiger charge is -2.00. The van der Waals surface area contributed by atoms with Crippen molar-refractivity contribution in [2.45, 2.75) is 6.54 Å². The van der Waals surface area contributed by atoms with Crippen molar-refractivity contribution in [3.8, 4) is 0 Å². The highest BCUT2D eigenvalue weighted by molar-refractivity contribution is 5.76. The van der Waals surface area contributed by atoms with Gasteiger partial charge >= 0.3 is 0 Å². The summed E-state index contributed by atoms with van der Waals surface area (Å²) in [5, 5.41) is 0. The average molecular weight is 232 g/mol. The lowest BCUT2D eigenvalue weighted by atomic mass is 10.2. The minimum absolute atomic E-state index is 0.0281. The van der Waals surface area contributed by atoms with E-state index >= 15 is 0 Å². The van der Waals surface area contributed by atoms with Gasteiger partial charge in [-0.3, -0.25) is 9.98 Å². The zero-order chi connectivity index (χ0) is 12.1. The van der Waals surface area contributed by atoms with Gasteiger partial charge in [0.1, 0.15) is 11.6 Å². The zero-order valence-corrected chi connectivity index (χ0v) is 8.98. The van der Waals surface area contributed by atoms with Crippen LogP contribution in [0, 0.1) is 11.6 Å². The summed E-state index contributed by atoms with van der Waals surface area (Å²) in [6, 6.07) is 9.13. The van der Waals surface area contributed by atoms with Gasteiger partial charge < -0.3 is 0 Å². The fraction of sp³-hybridized carbons (Fsp3) is 0.0769. The number of aromatic nitrogens is 1. The highest BCUT2D eigenvalue weighted by Crippen LogP contribution is 2.12. The Balaban J connectivity index is 2.10. The van der Waals surface area contributed by atoms with Crippen molar-refractivity contribution >= 4 is 6.21 Å². The van der Waals surface area contributed by atoms with E-state index in [1.807, 2.05) is 6.07 Å².